The number of amides is 1. The number of anilines is 1. The third-order valence-electron chi connectivity index (χ3n) is 5.81. The van der Waals surface area contributed by atoms with Crippen LogP contribution in [-0.4, -0.2) is 43.4 Å². The third-order valence-corrected chi connectivity index (χ3v) is 7.70. The van der Waals surface area contributed by atoms with Crippen LogP contribution < -0.4 is 20.3 Å². The van der Waals surface area contributed by atoms with Gasteiger partial charge in [-0.2, -0.15) is 4.31 Å². The fourth-order valence-corrected chi connectivity index (χ4v) is 5.36. The minimum Gasteiger partial charge on any atom is -0.493 e. The summed E-state index contributed by atoms with van der Waals surface area (Å²) >= 11 is 0. The van der Waals surface area contributed by atoms with Crippen molar-refractivity contribution >= 4 is 21.6 Å². The highest BCUT2D eigenvalue weighted by Crippen LogP contribution is 2.37. The van der Waals surface area contributed by atoms with E-state index in [1.807, 2.05) is 0 Å². The fourth-order valence-electron chi connectivity index (χ4n) is 3.82. The average Bonchev–Trinajstić information content (AvgIpc) is 2.87. The lowest BCUT2D eigenvalue weighted by Gasteiger charge is -2.26. The van der Waals surface area contributed by atoms with E-state index in [9.17, 15) is 18.0 Å². The van der Waals surface area contributed by atoms with E-state index in [1.165, 1.54) is 52.5 Å². The second kappa shape index (κ2) is 10.3. The van der Waals surface area contributed by atoms with E-state index in [0.717, 1.165) is 19.3 Å². The summed E-state index contributed by atoms with van der Waals surface area (Å²) < 4.78 is 40.7. The number of hydrogen-bond acceptors (Lipinski definition) is 6. The number of piperidine rings is 1. The molecule has 35 heavy (non-hydrogen) atoms. The van der Waals surface area contributed by atoms with Crippen molar-refractivity contribution in [1.29, 1.82) is 0 Å². The number of nitrogens with zero attached hydrogens (tertiary/aromatic N) is 2. The first-order chi connectivity index (χ1) is 16.8. The van der Waals surface area contributed by atoms with E-state index in [2.05, 4.69) is 5.32 Å². The van der Waals surface area contributed by atoms with Crippen molar-refractivity contribution in [2.45, 2.75) is 24.2 Å². The number of aryl methyl sites for hydroxylation is 1. The molecular formula is C25H27N3O6S. The molecule has 1 fully saturated rings. The number of nitrogens with one attached hydrogen (secondary N) is 1. The van der Waals surface area contributed by atoms with Crippen LogP contribution in [0.3, 0.4) is 0 Å². The monoisotopic (exact) mass is 497 g/mol. The molecule has 1 aromatic heterocycles. The van der Waals surface area contributed by atoms with Gasteiger partial charge in [0.15, 0.2) is 17.2 Å². The molecule has 0 unspecified atom stereocenters. The zero-order chi connectivity index (χ0) is 25.0. The van der Waals surface area contributed by atoms with Gasteiger partial charge >= 0.3 is 0 Å². The van der Waals surface area contributed by atoms with Gasteiger partial charge in [-0.1, -0.05) is 18.6 Å². The molecule has 184 valence electrons. The van der Waals surface area contributed by atoms with Crippen LogP contribution in [0, 0.1) is 0 Å². The van der Waals surface area contributed by atoms with E-state index in [-0.39, 0.29) is 27.5 Å². The number of carbonyl (C=O) groups is 1. The Balaban J connectivity index is 1.73. The molecule has 4 rings (SSSR count). The highest BCUT2D eigenvalue weighted by molar-refractivity contribution is 7.89. The molecule has 2 heterocycles. The number of para-hydroxylation sites is 2. The van der Waals surface area contributed by atoms with Gasteiger partial charge in [-0.3, -0.25) is 9.59 Å². The normalized spacial score (nSPS) is 14.3. The van der Waals surface area contributed by atoms with Gasteiger partial charge in [-0.25, -0.2) is 8.42 Å². The molecule has 1 amide bonds. The van der Waals surface area contributed by atoms with Crippen LogP contribution >= 0.6 is 0 Å². The molecule has 3 aromatic rings. The van der Waals surface area contributed by atoms with Crippen molar-refractivity contribution in [3.63, 3.8) is 0 Å². The maximum Gasteiger partial charge on any atom is 0.256 e. The van der Waals surface area contributed by atoms with Crippen LogP contribution in [0.1, 0.15) is 29.6 Å². The molecule has 9 nitrogen and oxygen atoms in total. The van der Waals surface area contributed by atoms with Crippen LogP contribution in [0.5, 0.6) is 17.2 Å². The van der Waals surface area contributed by atoms with Gasteiger partial charge in [-0.15, -0.1) is 0 Å². The minimum atomic E-state index is -3.75. The van der Waals surface area contributed by atoms with E-state index < -0.39 is 15.9 Å². The number of ether oxygens (including phenoxy) is 2. The van der Waals surface area contributed by atoms with Gasteiger partial charge < -0.3 is 19.4 Å². The minimum absolute atomic E-state index is 0.0473. The molecule has 1 N–H and O–H groups in total. The molecule has 0 aliphatic carbocycles. The lowest BCUT2D eigenvalue weighted by molar-refractivity contribution is 0.102. The predicted molar refractivity (Wildman–Crippen MR) is 132 cm³/mol. The second-order valence-corrected chi connectivity index (χ2v) is 10.1. The summed E-state index contributed by atoms with van der Waals surface area (Å²) in [5, 5.41) is 2.71. The number of pyridine rings is 1. The highest BCUT2D eigenvalue weighted by Gasteiger charge is 2.27. The lowest BCUT2D eigenvalue weighted by atomic mass is 10.2. The van der Waals surface area contributed by atoms with E-state index in [1.54, 1.807) is 31.3 Å². The van der Waals surface area contributed by atoms with Crippen molar-refractivity contribution < 1.29 is 22.7 Å². The van der Waals surface area contributed by atoms with Crippen molar-refractivity contribution in [2.75, 3.05) is 25.5 Å². The summed E-state index contributed by atoms with van der Waals surface area (Å²) in [7, 11) is -0.661. The predicted octanol–water partition coefficient (Wildman–Crippen LogP) is 3.61. The summed E-state index contributed by atoms with van der Waals surface area (Å²) in [6, 6.07) is 14.0. The van der Waals surface area contributed by atoms with E-state index >= 15 is 0 Å². The van der Waals surface area contributed by atoms with Crippen molar-refractivity contribution in [3.05, 3.63) is 76.7 Å². The zero-order valence-electron chi connectivity index (χ0n) is 19.6. The molecular weight excluding hydrogens is 470 g/mol. The number of benzene rings is 2. The number of aromatic nitrogens is 1. The maximum absolute atomic E-state index is 13.3. The van der Waals surface area contributed by atoms with Crippen molar-refractivity contribution in [2.24, 2.45) is 7.05 Å². The molecule has 0 bridgehead atoms. The summed E-state index contributed by atoms with van der Waals surface area (Å²) in [5.74, 6) is 0.524. The molecule has 1 saturated heterocycles. The zero-order valence-corrected chi connectivity index (χ0v) is 20.4. The maximum atomic E-state index is 13.3. The number of rotatable bonds is 7. The Bertz CT molecular complexity index is 1390. The number of sulfonamides is 1. The van der Waals surface area contributed by atoms with Crippen molar-refractivity contribution in [1.82, 2.24) is 8.87 Å². The van der Waals surface area contributed by atoms with Crippen molar-refractivity contribution in [3.8, 4) is 17.2 Å². The molecule has 10 heteroatoms. The quantitative estimate of drug-likeness (QED) is 0.534. The van der Waals surface area contributed by atoms with Gasteiger partial charge in [0.2, 0.25) is 10.0 Å². The van der Waals surface area contributed by atoms with Crippen LogP contribution in [-0.2, 0) is 17.1 Å². The number of methoxy groups -OCH3 is 1. The SMILES string of the molecule is COc1ccccc1Oc1ccc(S(=O)(=O)N2CCCCC2)cc1NC(=O)c1ccn(C)c(=O)c1. The van der Waals surface area contributed by atoms with Crippen LogP contribution in [0.2, 0.25) is 0 Å². The summed E-state index contributed by atoms with van der Waals surface area (Å²) in [4.78, 5) is 25.0. The molecule has 0 spiro atoms. The lowest BCUT2D eigenvalue weighted by Crippen LogP contribution is -2.35. The number of hydrogen-bond donors (Lipinski definition) is 1. The van der Waals surface area contributed by atoms with Crippen LogP contribution in [0.4, 0.5) is 5.69 Å². The van der Waals surface area contributed by atoms with Gasteiger partial charge in [0, 0.05) is 38.0 Å². The van der Waals surface area contributed by atoms with E-state index in [0.29, 0.717) is 24.6 Å². The Morgan fingerprint density at radius 2 is 1.66 bits per heavy atom. The Morgan fingerprint density at radius 1 is 0.943 bits per heavy atom. The molecule has 2 aromatic carbocycles. The Labute approximate surface area is 204 Å². The van der Waals surface area contributed by atoms with E-state index in [4.69, 9.17) is 9.47 Å². The first kappa shape index (κ1) is 24.5. The first-order valence-corrected chi connectivity index (χ1v) is 12.7. The summed E-state index contributed by atoms with van der Waals surface area (Å²) in [5.41, 5.74) is -0.0510. The summed E-state index contributed by atoms with van der Waals surface area (Å²) in [6.07, 6.45) is 4.10. The molecule has 1 aliphatic heterocycles. The summed E-state index contributed by atoms with van der Waals surface area (Å²) in [6.45, 7) is 0.910. The number of carbonyl (C=O) groups excluding carboxylic acids is 1. The molecule has 0 atom stereocenters. The Morgan fingerprint density at radius 3 is 2.34 bits per heavy atom. The molecule has 0 saturated carbocycles. The van der Waals surface area contributed by atoms with Crippen LogP contribution in [0.15, 0.2) is 70.5 Å². The van der Waals surface area contributed by atoms with Gasteiger partial charge in [0.05, 0.1) is 17.7 Å². The van der Waals surface area contributed by atoms with Crippen LogP contribution in [0.25, 0.3) is 0 Å². The van der Waals surface area contributed by atoms with Gasteiger partial charge in [-0.05, 0) is 49.2 Å². The molecule has 0 radical (unpaired) electrons. The highest BCUT2D eigenvalue weighted by atomic mass is 32.2. The fraction of sp³-hybridized carbons (Fsp3) is 0.280. The second-order valence-electron chi connectivity index (χ2n) is 8.19. The smallest absolute Gasteiger partial charge is 0.256 e. The standard InChI is InChI=1S/C25H27N3O6S/c1-27-15-12-18(16-24(27)29)25(30)26-20-17-19(35(31,32)28-13-6-3-7-14-28)10-11-21(20)34-23-9-5-4-8-22(23)33-2/h4-5,8-12,15-17H,3,6-7,13-14H2,1-2H3,(H,26,30). The topological polar surface area (TPSA) is 107 Å². The molecule has 1 aliphatic rings. The largest absolute Gasteiger partial charge is 0.493 e. The third kappa shape index (κ3) is 5.39. The first-order valence-electron chi connectivity index (χ1n) is 11.2. The Hall–Kier alpha value is -3.63. The average molecular weight is 498 g/mol. The van der Waals surface area contributed by atoms with Gasteiger partial charge in [0.1, 0.15) is 0 Å². The Kier molecular flexibility index (Phi) is 7.23. The van der Waals surface area contributed by atoms with Gasteiger partial charge in [0.25, 0.3) is 11.5 Å².